The van der Waals surface area contributed by atoms with Gasteiger partial charge in [-0.1, -0.05) is 48.0 Å². The molecule has 2 aliphatic rings. The molecule has 1 saturated carbocycles. The third-order valence-electron chi connectivity index (χ3n) is 7.63. The van der Waals surface area contributed by atoms with Crippen LogP contribution in [0.3, 0.4) is 0 Å². The van der Waals surface area contributed by atoms with E-state index >= 15 is 0 Å². The van der Waals surface area contributed by atoms with E-state index in [1.165, 1.54) is 18.5 Å². The van der Waals surface area contributed by atoms with Crippen molar-refractivity contribution in [1.82, 2.24) is 25.9 Å². The number of nitriles is 2. The fourth-order valence-corrected chi connectivity index (χ4v) is 5.43. The Morgan fingerprint density at radius 3 is 2.64 bits per heavy atom. The van der Waals surface area contributed by atoms with E-state index in [1.54, 1.807) is 12.1 Å². The minimum Gasteiger partial charge on any atom is -0.378 e. The minimum absolute atomic E-state index is 0.185. The van der Waals surface area contributed by atoms with Crippen molar-refractivity contribution in [2.24, 2.45) is 0 Å². The molecule has 0 amide bonds. The van der Waals surface area contributed by atoms with Crippen LogP contribution in [-0.2, 0) is 5.44 Å². The molecule has 4 aromatic rings. The van der Waals surface area contributed by atoms with Gasteiger partial charge in [0.05, 0.1) is 51.5 Å². The van der Waals surface area contributed by atoms with Gasteiger partial charge in [-0.25, -0.2) is 4.98 Å². The molecule has 4 N–H and O–H groups in total. The van der Waals surface area contributed by atoms with E-state index in [0.29, 0.717) is 38.9 Å². The number of benzene rings is 2. The van der Waals surface area contributed by atoms with Gasteiger partial charge in [-0.2, -0.15) is 14.9 Å². The average molecular weight is 578 g/mol. The standard InChI is InChI=1S/C30H26BClFN9/c31-30(20-6-9-27(33)36-16-20,26-17-42(41-40-26)22-7-8-22)39-21-12-23-28(19(14-35)15-37-29(23)24(32)13-21)38-25(10-11-34)18-4-2-1-3-5-18/h1-6,9,12-13,15-17,22,25,39-41H,7-8,10,31H2,(H,37,38)/t25-,30?/m1/s1. The predicted octanol–water partition coefficient (Wildman–Crippen LogP) is 4.59. The quantitative estimate of drug-likeness (QED) is 0.167. The normalized spacial score (nSPS) is 16.5. The molecule has 3 heterocycles. The number of fused-ring (bicyclic) bond motifs is 1. The topological polar surface area (TPSA) is 125 Å². The van der Waals surface area contributed by atoms with Crippen molar-refractivity contribution in [1.29, 1.82) is 10.5 Å². The van der Waals surface area contributed by atoms with Crippen LogP contribution in [0.2, 0.25) is 5.02 Å². The zero-order valence-electron chi connectivity index (χ0n) is 22.7. The molecule has 0 radical (unpaired) electrons. The lowest BCUT2D eigenvalue weighted by Gasteiger charge is -2.33. The van der Waals surface area contributed by atoms with Crippen molar-refractivity contribution in [3.63, 3.8) is 0 Å². The molecule has 2 atom stereocenters. The summed E-state index contributed by atoms with van der Waals surface area (Å²) in [7, 11) is 1.97. The van der Waals surface area contributed by atoms with Crippen LogP contribution in [0, 0.1) is 28.6 Å². The van der Waals surface area contributed by atoms with Crippen LogP contribution >= 0.6 is 11.6 Å². The van der Waals surface area contributed by atoms with Gasteiger partial charge in [0.2, 0.25) is 5.95 Å². The van der Waals surface area contributed by atoms with Crippen molar-refractivity contribution in [2.75, 3.05) is 10.6 Å². The molecule has 42 heavy (non-hydrogen) atoms. The van der Waals surface area contributed by atoms with Crippen molar-refractivity contribution < 1.29 is 4.39 Å². The number of rotatable bonds is 9. The van der Waals surface area contributed by atoms with E-state index in [1.807, 2.05) is 55.5 Å². The van der Waals surface area contributed by atoms with Gasteiger partial charge in [0, 0.05) is 35.7 Å². The first-order chi connectivity index (χ1) is 20.4. The highest BCUT2D eigenvalue weighted by Gasteiger charge is 2.38. The van der Waals surface area contributed by atoms with E-state index in [0.717, 1.165) is 29.7 Å². The Hall–Kier alpha value is -4.84. The van der Waals surface area contributed by atoms with Crippen LogP contribution in [0.1, 0.15) is 42.0 Å². The Balaban J connectivity index is 1.45. The largest absolute Gasteiger partial charge is 0.378 e. The summed E-state index contributed by atoms with van der Waals surface area (Å²) in [6.07, 6.45) is 7.37. The van der Waals surface area contributed by atoms with Gasteiger partial charge in [-0.15, -0.1) is 5.53 Å². The van der Waals surface area contributed by atoms with Gasteiger partial charge in [-0.05, 0) is 42.2 Å². The number of anilines is 2. The minimum atomic E-state index is -0.879. The summed E-state index contributed by atoms with van der Waals surface area (Å²) in [5, 5.41) is 29.6. The summed E-state index contributed by atoms with van der Waals surface area (Å²) in [4.78, 5) is 8.38. The molecule has 0 spiro atoms. The number of pyridine rings is 2. The van der Waals surface area contributed by atoms with Gasteiger partial charge in [0.25, 0.3) is 0 Å². The number of nitrogens with zero attached hydrogens (tertiary/aromatic N) is 5. The fourth-order valence-electron chi connectivity index (χ4n) is 5.16. The highest BCUT2D eigenvalue weighted by atomic mass is 35.5. The number of hydrogen-bond donors (Lipinski definition) is 4. The lowest BCUT2D eigenvalue weighted by Crippen LogP contribution is -2.45. The lowest BCUT2D eigenvalue weighted by molar-refractivity contribution is 0.260. The van der Waals surface area contributed by atoms with Crippen molar-refractivity contribution in [3.05, 3.63) is 107 Å². The molecular formula is C30H26BClFN9. The molecular weight excluding hydrogens is 552 g/mol. The van der Waals surface area contributed by atoms with E-state index in [4.69, 9.17) is 11.6 Å². The van der Waals surface area contributed by atoms with Gasteiger partial charge in [0.1, 0.15) is 13.9 Å². The highest BCUT2D eigenvalue weighted by molar-refractivity contribution is 6.36. The molecule has 0 bridgehead atoms. The highest BCUT2D eigenvalue weighted by Crippen LogP contribution is 2.39. The Morgan fingerprint density at radius 1 is 1.14 bits per heavy atom. The molecule has 1 aliphatic carbocycles. The van der Waals surface area contributed by atoms with Crippen LogP contribution in [0.25, 0.3) is 10.9 Å². The molecule has 1 aliphatic heterocycles. The zero-order valence-corrected chi connectivity index (χ0v) is 23.5. The molecule has 2 aromatic carbocycles. The maximum absolute atomic E-state index is 13.8. The molecule has 6 rings (SSSR count). The van der Waals surface area contributed by atoms with E-state index in [-0.39, 0.29) is 12.5 Å². The number of hydrazine groups is 2. The van der Waals surface area contributed by atoms with Crippen LogP contribution in [-0.4, -0.2) is 28.9 Å². The van der Waals surface area contributed by atoms with Crippen LogP contribution in [0.5, 0.6) is 0 Å². The van der Waals surface area contributed by atoms with Gasteiger partial charge >= 0.3 is 0 Å². The smallest absolute Gasteiger partial charge is 0.212 e. The molecule has 0 saturated heterocycles. The van der Waals surface area contributed by atoms with E-state index in [2.05, 4.69) is 43.7 Å². The Labute approximate surface area is 248 Å². The second-order valence-electron chi connectivity index (χ2n) is 10.5. The lowest BCUT2D eigenvalue weighted by atomic mass is 9.70. The van der Waals surface area contributed by atoms with Crippen molar-refractivity contribution in [2.45, 2.75) is 36.8 Å². The first-order valence-electron chi connectivity index (χ1n) is 13.5. The van der Waals surface area contributed by atoms with Crippen molar-refractivity contribution in [3.8, 4) is 12.1 Å². The Morgan fingerprint density at radius 2 is 1.95 bits per heavy atom. The molecule has 1 unspecified atom stereocenters. The first-order valence-corrected chi connectivity index (χ1v) is 13.9. The monoisotopic (exact) mass is 577 g/mol. The summed E-state index contributed by atoms with van der Waals surface area (Å²) in [5.41, 5.74) is 10.0. The average Bonchev–Trinajstić information content (AvgIpc) is 3.73. The van der Waals surface area contributed by atoms with Gasteiger partial charge in [0.15, 0.2) is 0 Å². The third kappa shape index (κ3) is 5.28. The van der Waals surface area contributed by atoms with E-state index in [9.17, 15) is 14.9 Å². The number of aromatic nitrogens is 2. The molecule has 12 heteroatoms. The SMILES string of the molecule is BC(Nc1cc(Cl)c2ncc(C#N)c(N[C@H](CC#N)c3ccccc3)c2c1)(C1=CN(C2CC2)NN1)c1ccc(F)nc1. The Kier molecular flexibility index (Phi) is 7.30. The zero-order chi connectivity index (χ0) is 29.3. The number of nitrogens with one attached hydrogen (secondary N) is 4. The van der Waals surface area contributed by atoms with Crippen LogP contribution in [0.15, 0.2) is 78.9 Å². The Bertz CT molecular complexity index is 1750. The summed E-state index contributed by atoms with van der Waals surface area (Å²) < 4.78 is 13.8. The van der Waals surface area contributed by atoms with Crippen LogP contribution < -0.4 is 21.6 Å². The maximum Gasteiger partial charge on any atom is 0.212 e. The first kappa shape index (κ1) is 27.3. The summed E-state index contributed by atoms with van der Waals surface area (Å²) in [6, 6.07) is 20.8. The number of hydrogen-bond acceptors (Lipinski definition) is 9. The van der Waals surface area contributed by atoms with Crippen molar-refractivity contribution >= 4 is 41.7 Å². The summed E-state index contributed by atoms with van der Waals surface area (Å²) in [5.74, 6) is -0.572. The molecule has 208 valence electrons. The van der Waals surface area contributed by atoms with E-state index < -0.39 is 11.4 Å². The molecule has 2 aromatic heterocycles. The fraction of sp³-hybridized carbons (Fsp3) is 0.200. The number of halogens is 2. The van der Waals surface area contributed by atoms with Crippen LogP contribution in [0.4, 0.5) is 15.8 Å². The molecule has 9 nitrogen and oxygen atoms in total. The second-order valence-corrected chi connectivity index (χ2v) is 10.9. The predicted molar refractivity (Wildman–Crippen MR) is 162 cm³/mol. The van der Waals surface area contributed by atoms with Gasteiger partial charge < -0.3 is 16.1 Å². The van der Waals surface area contributed by atoms with Gasteiger partial charge in [-0.3, -0.25) is 9.99 Å². The summed E-state index contributed by atoms with van der Waals surface area (Å²) >= 11 is 6.79. The maximum atomic E-state index is 13.8. The molecule has 1 fully saturated rings. The summed E-state index contributed by atoms with van der Waals surface area (Å²) in [6.45, 7) is 0. The second kappa shape index (κ2) is 11.2. The third-order valence-corrected chi connectivity index (χ3v) is 7.92.